The molecule has 19 heavy (non-hydrogen) atoms. The number of rotatable bonds is 4. The minimum absolute atomic E-state index is 1.03. The number of para-hydroxylation sites is 1. The third kappa shape index (κ3) is 3.07. The van der Waals surface area contributed by atoms with Gasteiger partial charge in [0.05, 0.1) is 10.9 Å². The predicted octanol–water partition coefficient (Wildman–Crippen LogP) is -2.71. The highest BCUT2D eigenvalue weighted by Gasteiger charge is 2.16. The Labute approximate surface area is 113 Å². The Kier molecular flexibility index (Phi) is 3.98. The van der Waals surface area contributed by atoms with Crippen molar-refractivity contribution in [2.45, 2.75) is 0 Å². The Morgan fingerprint density at radius 2 is 2.00 bits per heavy atom. The van der Waals surface area contributed by atoms with Crippen molar-refractivity contribution in [1.29, 1.82) is 0 Å². The van der Waals surface area contributed by atoms with Crippen molar-refractivity contribution < 1.29 is 15.5 Å². The number of benzene rings is 1. The average Bonchev–Trinajstić information content (AvgIpc) is 2.49. The van der Waals surface area contributed by atoms with E-state index < -0.39 is 0 Å². The third-order valence-electron chi connectivity index (χ3n) is 3.81. The molecular weight excluding hydrogens is 238 g/mol. The number of quaternary nitrogens is 3. The van der Waals surface area contributed by atoms with Gasteiger partial charge >= 0.3 is 0 Å². The van der Waals surface area contributed by atoms with Gasteiger partial charge in [-0.15, -0.1) is 0 Å². The van der Waals surface area contributed by atoms with Crippen LogP contribution in [0, 0.1) is 0 Å². The molecule has 0 amide bonds. The SMILES string of the molecule is c1ccc2c([NH2+]CC[NH+]3CC[NH2+]CC3)ncnc2c1. The van der Waals surface area contributed by atoms with Crippen LogP contribution in [-0.2, 0) is 0 Å². The van der Waals surface area contributed by atoms with Crippen LogP contribution in [0.15, 0.2) is 30.6 Å². The fourth-order valence-corrected chi connectivity index (χ4v) is 2.73. The smallest absolute Gasteiger partial charge is 0.235 e. The molecule has 0 radical (unpaired) electrons. The Morgan fingerprint density at radius 3 is 2.89 bits per heavy atom. The van der Waals surface area contributed by atoms with Gasteiger partial charge in [-0.25, -0.2) is 4.98 Å². The fraction of sp³-hybridized carbons (Fsp3) is 0.429. The number of fused-ring (bicyclic) bond motifs is 1. The van der Waals surface area contributed by atoms with Gasteiger partial charge in [-0.1, -0.05) is 12.1 Å². The number of nitrogens with zero attached hydrogens (tertiary/aromatic N) is 2. The lowest BCUT2D eigenvalue weighted by atomic mass is 10.2. The van der Waals surface area contributed by atoms with Gasteiger partial charge in [0.2, 0.25) is 5.82 Å². The van der Waals surface area contributed by atoms with Crippen LogP contribution in [0.5, 0.6) is 0 Å². The van der Waals surface area contributed by atoms with Crippen LogP contribution < -0.4 is 15.5 Å². The molecule has 1 fully saturated rings. The molecule has 1 aromatic carbocycles. The molecule has 0 bridgehead atoms. The van der Waals surface area contributed by atoms with Crippen molar-refractivity contribution in [3.05, 3.63) is 30.6 Å². The number of hydrogen-bond donors (Lipinski definition) is 3. The molecule has 3 rings (SSSR count). The molecular formula is C14H22N5+3. The van der Waals surface area contributed by atoms with E-state index in [1.165, 1.54) is 32.7 Å². The lowest BCUT2D eigenvalue weighted by molar-refractivity contribution is -0.953. The zero-order valence-electron chi connectivity index (χ0n) is 11.2. The molecule has 5 N–H and O–H groups in total. The van der Waals surface area contributed by atoms with Crippen molar-refractivity contribution in [1.82, 2.24) is 9.97 Å². The van der Waals surface area contributed by atoms with Gasteiger partial charge < -0.3 is 10.2 Å². The van der Waals surface area contributed by atoms with Crippen molar-refractivity contribution in [2.24, 2.45) is 0 Å². The summed E-state index contributed by atoms with van der Waals surface area (Å²) >= 11 is 0. The molecule has 1 aromatic heterocycles. The minimum Gasteiger partial charge on any atom is -0.337 e. The van der Waals surface area contributed by atoms with Crippen LogP contribution in [0.25, 0.3) is 10.9 Å². The number of piperazine rings is 1. The molecule has 1 aliphatic heterocycles. The van der Waals surface area contributed by atoms with E-state index in [9.17, 15) is 0 Å². The molecule has 0 aliphatic carbocycles. The van der Waals surface area contributed by atoms with Crippen molar-refractivity contribution >= 4 is 16.7 Å². The molecule has 5 heteroatoms. The zero-order valence-corrected chi connectivity index (χ0v) is 11.2. The molecule has 2 aromatic rings. The Balaban J connectivity index is 1.62. The maximum absolute atomic E-state index is 4.41. The molecule has 1 saturated heterocycles. The fourth-order valence-electron chi connectivity index (χ4n) is 2.73. The maximum atomic E-state index is 4.41. The summed E-state index contributed by atoms with van der Waals surface area (Å²) in [7, 11) is 0. The van der Waals surface area contributed by atoms with Gasteiger partial charge in [-0.3, -0.25) is 5.32 Å². The molecule has 0 atom stereocenters. The Hall–Kier alpha value is -1.56. The Morgan fingerprint density at radius 1 is 1.16 bits per heavy atom. The molecule has 100 valence electrons. The average molecular weight is 260 g/mol. The van der Waals surface area contributed by atoms with E-state index >= 15 is 0 Å². The highest BCUT2D eigenvalue weighted by molar-refractivity contribution is 5.84. The first-order valence-electron chi connectivity index (χ1n) is 7.12. The number of nitrogens with two attached hydrogens (primary N) is 2. The van der Waals surface area contributed by atoms with Crippen LogP contribution in [0.2, 0.25) is 0 Å². The summed E-state index contributed by atoms with van der Waals surface area (Å²) < 4.78 is 0. The molecule has 5 nitrogen and oxygen atoms in total. The standard InChI is InChI=1S/C14H19N5/c1-2-4-13-12(3-1)14(18-11-17-13)16-7-10-19-8-5-15-6-9-19/h1-4,11,15H,5-10H2,(H,16,17,18)/p+3. The highest BCUT2D eigenvalue weighted by atomic mass is 15.2. The van der Waals surface area contributed by atoms with Crippen molar-refractivity contribution in [3.63, 3.8) is 0 Å². The second kappa shape index (κ2) is 6.06. The van der Waals surface area contributed by atoms with Crippen LogP contribution in [0.4, 0.5) is 5.82 Å². The molecule has 1 aliphatic rings. The van der Waals surface area contributed by atoms with E-state index in [0.29, 0.717) is 0 Å². The van der Waals surface area contributed by atoms with Crippen molar-refractivity contribution in [2.75, 3.05) is 39.3 Å². The summed E-state index contributed by atoms with van der Waals surface area (Å²) in [6.45, 7) is 7.43. The van der Waals surface area contributed by atoms with Crippen LogP contribution >= 0.6 is 0 Å². The first-order valence-corrected chi connectivity index (χ1v) is 7.12. The van der Waals surface area contributed by atoms with Gasteiger partial charge in [0.15, 0.2) is 0 Å². The third-order valence-corrected chi connectivity index (χ3v) is 3.81. The predicted molar refractivity (Wildman–Crippen MR) is 73.2 cm³/mol. The summed E-state index contributed by atoms with van der Waals surface area (Å²) in [6, 6.07) is 8.21. The van der Waals surface area contributed by atoms with E-state index in [2.05, 4.69) is 32.7 Å². The quantitative estimate of drug-likeness (QED) is 0.560. The van der Waals surface area contributed by atoms with E-state index in [1.54, 1.807) is 11.2 Å². The summed E-state index contributed by atoms with van der Waals surface area (Å²) in [6.07, 6.45) is 1.66. The van der Waals surface area contributed by atoms with Crippen LogP contribution in [0.1, 0.15) is 0 Å². The molecule has 2 heterocycles. The van der Waals surface area contributed by atoms with Crippen LogP contribution in [-0.4, -0.2) is 49.2 Å². The van der Waals surface area contributed by atoms with E-state index in [0.717, 1.165) is 23.3 Å². The highest BCUT2D eigenvalue weighted by Crippen LogP contribution is 2.13. The second-order valence-electron chi connectivity index (χ2n) is 5.13. The summed E-state index contributed by atoms with van der Waals surface area (Å²) in [5, 5.41) is 5.83. The van der Waals surface area contributed by atoms with Crippen molar-refractivity contribution in [3.8, 4) is 0 Å². The minimum atomic E-state index is 1.03. The first kappa shape index (κ1) is 12.5. The first-order chi connectivity index (χ1) is 9.43. The lowest BCUT2D eigenvalue weighted by Gasteiger charge is -2.21. The summed E-state index contributed by atoms with van der Waals surface area (Å²) in [5.74, 6) is 1.08. The zero-order chi connectivity index (χ0) is 12.9. The number of aromatic nitrogens is 2. The number of hydrogen-bond acceptors (Lipinski definition) is 2. The van der Waals surface area contributed by atoms with Gasteiger partial charge in [-0.2, -0.15) is 4.98 Å². The van der Waals surface area contributed by atoms with E-state index in [4.69, 9.17) is 0 Å². The second-order valence-corrected chi connectivity index (χ2v) is 5.13. The summed E-state index contributed by atoms with van der Waals surface area (Å²) in [4.78, 5) is 10.4. The molecule has 0 saturated carbocycles. The van der Waals surface area contributed by atoms with Gasteiger partial charge in [0.25, 0.3) is 0 Å². The molecule has 0 unspecified atom stereocenters. The Bertz CT molecular complexity index is 531. The van der Waals surface area contributed by atoms with E-state index in [-0.39, 0.29) is 0 Å². The van der Waals surface area contributed by atoms with Gasteiger partial charge in [0, 0.05) is 0 Å². The lowest BCUT2D eigenvalue weighted by Crippen LogP contribution is -3.21. The van der Waals surface area contributed by atoms with E-state index in [1.807, 2.05) is 12.1 Å². The van der Waals surface area contributed by atoms with Gasteiger partial charge in [-0.05, 0) is 12.1 Å². The topological polar surface area (TPSA) is 63.4 Å². The number of nitrogens with one attached hydrogen (secondary N) is 1. The van der Waals surface area contributed by atoms with Gasteiger partial charge in [0.1, 0.15) is 45.6 Å². The van der Waals surface area contributed by atoms with Crippen LogP contribution in [0.3, 0.4) is 0 Å². The largest absolute Gasteiger partial charge is 0.337 e. The maximum Gasteiger partial charge on any atom is 0.235 e. The summed E-state index contributed by atoms with van der Waals surface area (Å²) in [5.41, 5.74) is 1.03. The normalized spacial score (nSPS) is 16.8. The monoisotopic (exact) mass is 260 g/mol. The molecule has 0 spiro atoms.